The summed E-state index contributed by atoms with van der Waals surface area (Å²) in [4.78, 5) is 26.4. The summed E-state index contributed by atoms with van der Waals surface area (Å²) in [5.41, 5.74) is 1.51. The highest BCUT2D eigenvalue weighted by molar-refractivity contribution is 6.35. The number of piperazine rings is 1. The number of anilines is 2. The van der Waals surface area contributed by atoms with Gasteiger partial charge in [0.25, 0.3) is 0 Å². The molecular formula is C21H27Cl2N5O. The van der Waals surface area contributed by atoms with Crippen molar-refractivity contribution in [3.8, 4) is 0 Å². The van der Waals surface area contributed by atoms with Gasteiger partial charge in [0.2, 0.25) is 5.91 Å². The normalized spacial score (nSPS) is 16.2. The zero-order chi connectivity index (χ0) is 21.1. The van der Waals surface area contributed by atoms with Crippen LogP contribution >= 0.6 is 23.2 Å². The summed E-state index contributed by atoms with van der Waals surface area (Å²) in [5, 5.41) is 3.89. The van der Waals surface area contributed by atoms with Gasteiger partial charge in [-0.25, -0.2) is 9.97 Å². The Kier molecular flexibility index (Phi) is 6.98. The number of nitrogens with zero attached hydrogens (tertiary/aromatic N) is 4. The standard InChI is InChI=1S/C21H27Cl2N5O/c1-13(2)20-24-14(3)11-19(26-20)28-9-7-27(8-10-28)15(4)21(29)25-18-12-16(22)5-6-17(18)23/h5-6,11-13,15H,7-10H2,1-4H3,(H,25,29). The van der Waals surface area contributed by atoms with Crippen LogP contribution in [0.15, 0.2) is 24.3 Å². The monoisotopic (exact) mass is 435 g/mol. The van der Waals surface area contributed by atoms with Crippen molar-refractivity contribution in [2.75, 3.05) is 36.4 Å². The molecule has 1 saturated heterocycles. The van der Waals surface area contributed by atoms with Crippen molar-refractivity contribution >= 4 is 40.6 Å². The fraction of sp³-hybridized carbons (Fsp3) is 0.476. The lowest BCUT2D eigenvalue weighted by molar-refractivity contribution is -0.120. The molecule has 0 bridgehead atoms. The summed E-state index contributed by atoms with van der Waals surface area (Å²) in [6, 6.07) is 6.79. The quantitative estimate of drug-likeness (QED) is 0.755. The lowest BCUT2D eigenvalue weighted by atomic mass is 10.2. The van der Waals surface area contributed by atoms with Gasteiger partial charge in [-0.2, -0.15) is 0 Å². The van der Waals surface area contributed by atoms with Gasteiger partial charge in [-0.15, -0.1) is 0 Å². The first-order chi connectivity index (χ1) is 13.7. The van der Waals surface area contributed by atoms with Crippen LogP contribution in [0.3, 0.4) is 0 Å². The van der Waals surface area contributed by atoms with E-state index in [0.717, 1.165) is 43.5 Å². The SMILES string of the molecule is Cc1cc(N2CCN(C(C)C(=O)Nc3cc(Cl)ccc3Cl)CC2)nc(C(C)C)n1. The van der Waals surface area contributed by atoms with Gasteiger partial charge < -0.3 is 10.2 Å². The number of aryl methyl sites for hydroxylation is 1. The van der Waals surface area contributed by atoms with Crippen molar-refractivity contribution in [2.24, 2.45) is 0 Å². The van der Waals surface area contributed by atoms with E-state index in [1.165, 1.54) is 0 Å². The van der Waals surface area contributed by atoms with Crippen LogP contribution in [0, 0.1) is 6.92 Å². The van der Waals surface area contributed by atoms with E-state index < -0.39 is 0 Å². The Labute approximate surface area is 182 Å². The number of aromatic nitrogens is 2. The van der Waals surface area contributed by atoms with Crippen molar-refractivity contribution in [3.63, 3.8) is 0 Å². The number of nitrogens with one attached hydrogen (secondary N) is 1. The predicted molar refractivity (Wildman–Crippen MR) is 119 cm³/mol. The zero-order valence-electron chi connectivity index (χ0n) is 17.2. The molecule has 1 aromatic heterocycles. The summed E-state index contributed by atoms with van der Waals surface area (Å²) in [5.74, 6) is 2.02. The lowest BCUT2D eigenvalue weighted by Gasteiger charge is -2.38. The second kappa shape index (κ2) is 9.28. The maximum Gasteiger partial charge on any atom is 0.241 e. The molecule has 1 N–H and O–H groups in total. The minimum atomic E-state index is -0.273. The molecule has 1 unspecified atom stereocenters. The first kappa shape index (κ1) is 21.8. The highest BCUT2D eigenvalue weighted by Gasteiger charge is 2.27. The third-order valence-electron chi connectivity index (χ3n) is 5.13. The molecule has 1 aliphatic heterocycles. The number of hydrogen-bond donors (Lipinski definition) is 1. The Morgan fingerprint density at radius 1 is 1.07 bits per heavy atom. The van der Waals surface area contributed by atoms with E-state index in [0.29, 0.717) is 15.7 Å². The number of amides is 1. The summed E-state index contributed by atoms with van der Waals surface area (Å²) in [6.07, 6.45) is 0. The minimum Gasteiger partial charge on any atom is -0.354 e. The van der Waals surface area contributed by atoms with E-state index in [9.17, 15) is 4.79 Å². The molecule has 1 atom stereocenters. The average Bonchev–Trinajstić information content (AvgIpc) is 2.69. The Morgan fingerprint density at radius 2 is 1.76 bits per heavy atom. The second-order valence-electron chi connectivity index (χ2n) is 7.69. The summed E-state index contributed by atoms with van der Waals surface area (Å²) >= 11 is 12.2. The lowest BCUT2D eigenvalue weighted by Crippen LogP contribution is -2.53. The minimum absolute atomic E-state index is 0.0948. The molecule has 1 aromatic carbocycles. The van der Waals surface area contributed by atoms with Crippen LogP contribution in [-0.2, 0) is 4.79 Å². The molecule has 3 rings (SSSR count). The number of carbonyl (C=O) groups excluding carboxylic acids is 1. The van der Waals surface area contributed by atoms with Gasteiger partial charge in [0.15, 0.2) is 0 Å². The third kappa shape index (κ3) is 5.38. The second-order valence-corrected chi connectivity index (χ2v) is 8.54. The van der Waals surface area contributed by atoms with E-state index in [1.807, 2.05) is 19.9 Å². The Bertz CT molecular complexity index is 881. The molecule has 2 heterocycles. The number of halogens is 2. The van der Waals surface area contributed by atoms with Crippen LogP contribution in [0.2, 0.25) is 10.0 Å². The van der Waals surface area contributed by atoms with Crippen LogP contribution in [0.4, 0.5) is 11.5 Å². The Morgan fingerprint density at radius 3 is 2.41 bits per heavy atom. The van der Waals surface area contributed by atoms with Crippen LogP contribution in [-0.4, -0.2) is 53.0 Å². The van der Waals surface area contributed by atoms with Gasteiger partial charge in [-0.05, 0) is 32.0 Å². The van der Waals surface area contributed by atoms with Crippen LogP contribution < -0.4 is 10.2 Å². The van der Waals surface area contributed by atoms with Gasteiger partial charge in [0.1, 0.15) is 11.6 Å². The van der Waals surface area contributed by atoms with E-state index in [-0.39, 0.29) is 17.9 Å². The van der Waals surface area contributed by atoms with E-state index in [1.54, 1.807) is 18.2 Å². The largest absolute Gasteiger partial charge is 0.354 e. The Hall–Kier alpha value is -1.89. The first-order valence-electron chi connectivity index (χ1n) is 9.85. The highest BCUT2D eigenvalue weighted by Crippen LogP contribution is 2.26. The van der Waals surface area contributed by atoms with Gasteiger partial charge in [-0.3, -0.25) is 9.69 Å². The molecule has 6 nitrogen and oxygen atoms in total. The van der Waals surface area contributed by atoms with E-state index in [4.69, 9.17) is 28.2 Å². The summed E-state index contributed by atoms with van der Waals surface area (Å²) < 4.78 is 0. The predicted octanol–water partition coefficient (Wildman–Crippen LogP) is 4.36. The smallest absolute Gasteiger partial charge is 0.241 e. The highest BCUT2D eigenvalue weighted by atomic mass is 35.5. The van der Waals surface area contributed by atoms with Gasteiger partial charge >= 0.3 is 0 Å². The van der Waals surface area contributed by atoms with Crippen LogP contribution in [0.25, 0.3) is 0 Å². The zero-order valence-corrected chi connectivity index (χ0v) is 18.8. The first-order valence-corrected chi connectivity index (χ1v) is 10.6. The fourth-order valence-corrected chi connectivity index (χ4v) is 3.67. The molecule has 156 valence electrons. The summed E-state index contributed by atoms with van der Waals surface area (Å²) in [6.45, 7) is 11.3. The number of hydrogen-bond acceptors (Lipinski definition) is 5. The van der Waals surface area contributed by atoms with Gasteiger partial charge in [-0.1, -0.05) is 37.0 Å². The summed E-state index contributed by atoms with van der Waals surface area (Å²) in [7, 11) is 0. The van der Waals surface area contributed by atoms with Crippen LogP contribution in [0.5, 0.6) is 0 Å². The van der Waals surface area contributed by atoms with Crippen molar-refractivity contribution in [2.45, 2.75) is 39.7 Å². The van der Waals surface area contributed by atoms with Crippen molar-refractivity contribution in [1.82, 2.24) is 14.9 Å². The van der Waals surface area contributed by atoms with Crippen molar-refractivity contribution in [1.29, 1.82) is 0 Å². The fourth-order valence-electron chi connectivity index (χ4n) is 3.33. The molecule has 0 spiro atoms. The molecule has 1 fully saturated rings. The van der Waals surface area contributed by atoms with Gasteiger partial charge in [0.05, 0.1) is 16.8 Å². The topological polar surface area (TPSA) is 61.4 Å². The molecule has 0 aliphatic carbocycles. The Balaban J connectivity index is 1.61. The molecular weight excluding hydrogens is 409 g/mol. The van der Waals surface area contributed by atoms with E-state index >= 15 is 0 Å². The number of rotatable bonds is 5. The molecule has 1 aliphatic rings. The average molecular weight is 436 g/mol. The molecule has 2 aromatic rings. The molecule has 29 heavy (non-hydrogen) atoms. The number of carbonyl (C=O) groups is 1. The van der Waals surface area contributed by atoms with Crippen LogP contribution in [0.1, 0.15) is 38.2 Å². The van der Waals surface area contributed by atoms with Gasteiger partial charge in [0, 0.05) is 48.9 Å². The van der Waals surface area contributed by atoms with Crippen molar-refractivity contribution < 1.29 is 4.79 Å². The van der Waals surface area contributed by atoms with Crippen molar-refractivity contribution in [3.05, 3.63) is 45.8 Å². The number of benzene rings is 1. The maximum absolute atomic E-state index is 12.7. The molecule has 0 radical (unpaired) electrons. The third-order valence-corrected chi connectivity index (χ3v) is 5.69. The molecule has 8 heteroatoms. The maximum atomic E-state index is 12.7. The molecule has 1 amide bonds. The van der Waals surface area contributed by atoms with E-state index in [2.05, 4.69) is 33.9 Å². The molecule has 0 saturated carbocycles.